The maximum Gasteiger partial charge on any atom is 0.269 e. The second-order valence-electron chi connectivity index (χ2n) is 14.2. The third-order valence-corrected chi connectivity index (χ3v) is 10.2. The van der Waals surface area contributed by atoms with E-state index in [0.29, 0.717) is 56.9 Å². The van der Waals surface area contributed by atoms with Gasteiger partial charge in [-0.15, -0.1) is 0 Å². The van der Waals surface area contributed by atoms with Crippen molar-refractivity contribution in [2.45, 2.75) is 64.5 Å². The molecule has 3 aliphatic heterocycles. The van der Waals surface area contributed by atoms with Gasteiger partial charge < -0.3 is 25.3 Å². The maximum atomic E-state index is 12.7. The van der Waals surface area contributed by atoms with Crippen molar-refractivity contribution < 1.29 is 33.0 Å². The highest BCUT2D eigenvalue weighted by Crippen LogP contribution is 2.37. The number of imide groups is 1. The number of nitrogens with two attached hydrogens (primary N) is 1. The lowest BCUT2D eigenvalue weighted by atomic mass is 9.99. The quantitative estimate of drug-likeness (QED) is 0.119. The van der Waals surface area contributed by atoms with E-state index in [2.05, 4.69) is 49.1 Å². The van der Waals surface area contributed by atoms with E-state index in [0.717, 1.165) is 77.4 Å². The molecule has 8 rings (SSSR count). The molecule has 0 radical (unpaired) electrons. The first kappa shape index (κ1) is 39.4. The number of benzene rings is 1. The van der Waals surface area contributed by atoms with Gasteiger partial charge in [-0.1, -0.05) is 30.2 Å². The number of rotatable bonds is 7. The van der Waals surface area contributed by atoms with Gasteiger partial charge in [0.1, 0.15) is 22.9 Å². The molecule has 7 heterocycles. The van der Waals surface area contributed by atoms with E-state index >= 15 is 0 Å². The number of primary amides is 1. The second kappa shape index (κ2) is 18.0. The van der Waals surface area contributed by atoms with Crippen molar-refractivity contribution in [3.05, 3.63) is 95.6 Å². The van der Waals surface area contributed by atoms with Crippen LogP contribution >= 0.6 is 0 Å². The average Bonchev–Trinajstić information content (AvgIpc) is 3.62. The summed E-state index contributed by atoms with van der Waals surface area (Å²) in [5.74, 6) is 6.07. The molecule has 302 valence electrons. The molecule has 3 aliphatic rings. The van der Waals surface area contributed by atoms with Gasteiger partial charge in [-0.25, -0.2) is 9.97 Å². The summed E-state index contributed by atoms with van der Waals surface area (Å²) >= 11 is 0. The number of imidazole rings is 1. The van der Waals surface area contributed by atoms with E-state index in [-0.39, 0.29) is 39.3 Å². The van der Waals surface area contributed by atoms with Crippen molar-refractivity contribution in [1.29, 1.82) is 0 Å². The molecular formula is C43H49N9O6. The Labute approximate surface area is 339 Å². The van der Waals surface area contributed by atoms with Crippen molar-refractivity contribution in [2.75, 3.05) is 26.3 Å². The number of nitrogens with zero attached hydrogens (tertiary/aromatic N) is 6. The Bertz CT molecular complexity index is 2450. The highest BCUT2D eigenvalue weighted by Gasteiger charge is 2.30. The summed E-state index contributed by atoms with van der Waals surface area (Å²) in [6.45, 7) is 5.32. The molecule has 58 heavy (non-hydrogen) atoms. The maximum absolute atomic E-state index is 12.7. The molecule has 1 aromatic carbocycles. The number of aromatic nitrogens is 5. The fraction of sp³-hybridized carbons (Fsp3) is 0.326. The molecule has 2 fully saturated rings. The number of ether oxygens (including phenoxy) is 1. The number of carbonyl (C=O) groups is 5. The molecule has 4 N–H and O–H groups in total. The van der Waals surface area contributed by atoms with Crippen molar-refractivity contribution in [2.24, 2.45) is 5.73 Å². The number of fused-ring (bicyclic) bond motifs is 2. The molecule has 15 nitrogen and oxygen atoms in total. The summed E-state index contributed by atoms with van der Waals surface area (Å²) in [6, 6.07) is 16.6. The van der Waals surface area contributed by atoms with Crippen LogP contribution in [0.25, 0.3) is 33.3 Å². The standard InChI is InChI=1S/C38H36N8O4.C5H7NO2.3H2/c1-24(47)45-16-17-46-34(23-45)35(44-37(46)25-13-18-50-19-14-25)29-9-4-6-26-20-33(42-22-30(26)29)27-11-12-32(41-21-27)38(49)40-15-3-2-7-28-8-5-10-31(43-28)36(39)48;7-4-2-1-3-5(8)6-4;;;/h4-6,8-12,20-22,25H,3,13-19,23H2,1H3,(H2,39,48)(H,40,49);1-3H2,(H,6,7,8);3*1H. The number of nitrogens with one attached hydrogen (secondary N) is 2. The largest absolute Gasteiger partial charge is 0.381 e. The van der Waals surface area contributed by atoms with Crippen LogP contribution in [-0.4, -0.2) is 85.2 Å². The van der Waals surface area contributed by atoms with E-state index < -0.39 is 5.91 Å². The van der Waals surface area contributed by atoms with Crippen molar-refractivity contribution in [1.82, 2.24) is 40.0 Å². The third-order valence-electron chi connectivity index (χ3n) is 10.2. The molecule has 0 aliphatic carbocycles. The summed E-state index contributed by atoms with van der Waals surface area (Å²) in [6.07, 6.45) is 7.50. The highest BCUT2D eigenvalue weighted by molar-refractivity contribution is 5.98. The Morgan fingerprint density at radius 3 is 2.47 bits per heavy atom. The smallest absolute Gasteiger partial charge is 0.269 e. The number of hydrogen-bond donors (Lipinski definition) is 3. The molecule has 4 aromatic heterocycles. The molecule has 5 amide bonds. The normalized spacial score (nSPS) is 15.3. The summed E-state index contributed by atoms with van der Waals surface area (Å²) in [5, 5.41) is 7.00. The van der Waals surface area contributed by atoms with Crippen LogP contribution in [0.5, 0.6) is 0 Å². The zero-order valence-corrected chi connectivity index (χ0v) is 32.1. The molecular weight excluding hydrogens is 739 g/mol. The molecule has 0 bridgehead atoms. The summed E-state index contributed by atoms with van der Waals surface area (Å²) in [7, 11) is 0. The monoisotopic (exact) mass is 787 g/mol. The number of amides is 5. The van der Waals surface area contributed by atoms with Crippen LogP contribution in [-0.2, 0) is 32.2 Å². The van der Waals surface area contributed by atoms with Crippen LogP contribution in [0.15, 0.2) is 67.0 Å². The van der Waals surface area contributed by atoms with Crippen molar-refractivity contribution in [3.63, 3.8) is 0 Å². The van der Waals surface area contributed by atoms with Gasteiger partial charge in [-0.05, 0) is 60.9 Å². The first-order valence-electron chi connectivity index (χ1n) is 19.3. The minimum Gasteiger partial charge on any atom is -0.381 e. The topological polar surface area (TPSA) is 204 Å². The van der Waals surface area contributed by atoms with E-state index in [1.165, 1.54) is 6.07 Å². The lowest BCUT2D eigenvalue weighted by Crippen LogP contribution is -2.37. The molecule has 2 saturated heterocycles. The van der Waals surface area contributed by atoms with Crippen LogP contribution in [0.2, 0.25) is 0 Å². The first-order chi connectivity index (χ1) is 28.1. The lowest BCUT2D eigenvalue weighted by Gasteiger charge is -2.30. The molecule has 0 atom stereocenters. The minimum absolute atomic E-state index is 0. The second-order valence-corrected chi connectivity index (χ2v) is 14.2. The van der Waals surface area contributed by atoms with E-state index in [1.54, 1.807) is 31.3 Å². The molecule has 0 saturated carbocycles. The van der Waals surface area contributed by atoms with Gasteiger partial charge in [-0.2, -0.15) is 0 Å². The predicted octanol–water partition coefficient (Wildman–Crippen LogP) is 4.63. The number of pyridine rings is 3. The Kier molecular flexibility index (Phi) is 12.2. The fourth-order valence-electron chi connectivity index (χ4n) is 7.18. The van der Waals surface area contributed by atoms with Gasteiger partial charge >= 0.3 is 0 Å². The minimum atomic E-state index is -0.614. The Morgan fingerprint density at radius 1 is 0.966 bits per heavy atom. The number of carbonyl (C=O) groups excluding carboxylic acids is 5. The van der Waals surface area contributed by atoms with Crippen molar-refractivity contribution >= 4 is 40.3 Å². The number of piperidine rings is 1. The van der Waals surface area contributed by atoms with E-state index in [4.69, 9.17) is 20.4 Å². The lowest BCUT2D eigenvalue weighted by molar-refractivity contribution is -0.133. The third kappa shape index (κ3) is 9.25. The Hall–Kier alpha value is -6.79. The van der Waals surface area contributed by atoms with Crippen LogP contribution < -0.4 is 16.4 Å². The molecule has 15 heteroatoms. The van der Waals surface area contributed by atoms with Gasteiger partial charge in [0.15, 0.2) is 0 Å². The molecule has 0 spiro atoms. The average molecular weight is 788 g/mol. The zero-order chi connectivity index (χ0) is 40.6. The summed E-state index contributed by atoms with van der Waals surface area (Å²) in [4.78, 5) is 77.5. The van der Waals surface area contributed by atoms with Gasteiger partial charge in [0.25, 0.3) is 11.8 Å². The van der Waals surface area contributed by atoms with Crippen LogP contribution in [0.3, 0.4) is 0 Å². The van der Waals surface area contributed by atoms with Crippen LogP contribution in [0.1, 0.15) is 93.8 Å². The predicted molar refractivity (Wildman–Crippen MR) is 220 cm³/mol. The Morgan fingerprint density at radius 2 is 1.76 bits per heavy atom. The first-order valence-corrected chi connectivity index (χ1v) is 19.3. The summed E-state index contributed by atoms with van der Waals surface area (Å²) < 4.78 is 7.96. The molecule has 5 aromatic rings. The zero-order valence-electron chi connectivity index (χ0n) is 32.1. The molecule has 0 unspecified atom stereocenters. The fourth-order valence-corrected chi connectivity index (χ4v) is 7.18. The van der Waals surface area contributed by atoms with Crippen LogP contribution in [0.4, 0.5) is 0 Å². The SMILES string of the molecule is CC(=O)N1CCn2c(C3CCOCC3)nc(-c3cccc4cc(-c5ccc(C(=O)NCCC#Cc6cccc(C(N)=O)n6)nc5)ncc34)c2C1.O=C1CCCC(=O)N1.[HH].[HH].[HH]. The number of hydrogen-bond acceptors (Lipinski definition) is 10. The van der Waals surface area contributed by atoms with Gasteiger partial charge in [0.2, 0.25) is 17.7 Å². The van der Waals surface area contributed by atoms with E-state index in [9.17, 15) is 24.0 Å². The van der Waals surface area contributed by atoms with Gasteiger partial charge in [-0.3, -0.25) is 39.3 Å². The van der Waals surface area contributed by atoms with Gasteiger partial charge in [0.05, 0.1) is 23.6 Å². The highest BCUT2D eigenvalue weighted by atomic mass is 16.5. The van der Waals surface area contributed by atoms with Crippen molar-refractivity contribution in [3.8, 4) is 34.4 Å². The van der Waals surface area contributed by atoms with E-state index in [1.807, 2.05) is 29.3 Å². The van der Waals surface area contributed by atoms with Gasteiger partial charge in [0, 0.05) is 98.1 Å². The Balaban J connectivity index is 0.000000671. The summed E-state index contributed by atoms with van der Waals surface area (Å²) in [5.41, 5.74) is 10.6. The van der Waals surface area contributed by atoms with Crippen LogP contribution in [0, 0.1) is 11.8 Å².